The zero-order valence-electron chi connectivity index (χ0n) is 16.9. The van der Waals surface area contributed by atoms with Gasteiger partial charge >= 0.3 is 0 Å². The van der Waals surface area contributed by atoms with E-state index in [-0.39, 0.29) is 0 Å². The smallest absolute Gasteiger partial charge is 0.165 e. The molecule has 1 saturated heterocycles. The molecular weight excluding hydrogens is 348 g/mol. The molecule has 28 heavy (non-hydrogen) atoms. The van der Waals surface area contributed by atoms with Crippen LogP contribution in [0.25, 0.3) is 11.2 Å². The SMILES string of the molecule is Cc1ccc(C)c(N2CCN(c3ncnc4c3nc3n4CCCCC3)CC2)c1. The van der Waals surface area contributed by atoms with Gasteiger partial charge in [0.15, 0.2) is 17.0 Å². The highest BCUT2D eigenvalue weighted by Gasteiger charge is 2.24. The summed E-state index contributed by atoms with van der Waals surface area (Å²) < 4.78 is 2.32. The molecule has 1 aromatic carbocycles. The predicted octanol–water partition coefficient (Wildman–Crippen LogP) is 3.50. The van der Waals surface area contributed by atoms with E-state index < -0.39 is 0 Å². The van der Waals surface area contributed by atoms with Crippen LogP contribution in [-0.4, -0.2) is 45.7 Å². The Morgan fingerprint density at radius 2 is 1.68 bits per heavy atom. The van der Waals surface area contributed by atoms with Gasteiger partial charge in [0.25, 0.3) is 0 Å². The number of aromatic nitrogens is 4. The standard InChI is InChI=1S/C22H28N6/c1-16-7-8-17(2)18(14-16)26-10-12-27(13-11-26)21-20-22(24-15-23-21)28-9-5-3-4-6-19(28)25-20/h7-8,14-15H,3-6,9-13H2,1-2H3. The summed E-state index contributed by atoms with van der Waals surface area (Å²) in [6.07, 6.45) is 6.49. The first-order valence-electron chi connectivity index (χ1n) is 10.5. The molecule has 6 heteroatoms. The minimum absolute atomic E-state index is 0.960. The number of piperazine rings is 1. The van der Waals surface area contributed by atoms with E-state index in [2.05, 4.69) is 56.4 Å². The first-order chi connectivity index (χ1) is 13.7. The van der Waals surface area contributed by atoms with Gasteiger partial charge < -0.3 is 14.4 Å². The molecule has 3 aromatic rings. The van der Waals surface area contributed by atoms with Crippen molar-refractivity contribution in [3.8, 4) is 0 Å². The minimum atomic E-state index is 0.960. The van der Waals surface area contributed by atoms with Gasteiger partial charge in [-0.25, -0.2) is 15.0 Å². The number of fused-ring (bicyclic) bond motifs is 3. The highest BCUT2D eigenvalue weighted by Crippen LogP contribution is 2.28. The molecule has 0 N–H and O–H groups in total. The minimum Gasteiger partial charge on any atom is -0.368 e. The summed E-state index contributed by atoms with van der Waals surface area (Å²) in [4.78, 5) is 19.1. The van der Waals surface area contributed by atoms with Crippen molar-refractivity contribution in [1.82, 2.24) is 19.5 Å². The molecule has 2 aliphatic rings. The lowest BCUT2D eigenvalue weighted by Crippen LogP contribution is -2.47. The fraction of sp³-hybridized carbons (Fsp3) is 0.500. The third-order valence-electron chi connectivity index (χ3n) is 6.16. The molecule has 0 amide bonds. The van der Waals surface area contributed by atoms with Gasteiger partial charge in [0.05, 0.1) is 0 Å². The molecule has 6 nitrogen and oxygen atoms in total. The lowest BCUT2D eigenvalue weighted by molar-refractivity contribution is 0.641. The van der Waals surface area contributed by atoms with Crippen LogP contribution in [0.5, 0.6) is 0 Å². The molecule has 1 fully saturated rings. The van der Waals surface area contributed by atoms with E-state index in [4.69, 9.17) is 4.98 Å². The first kappa shape index (κ1) is 17.5. The molecule has 0 unspecified atom stereocenters. The maximum atomic E-state index is 4.97. The maximum Gasteiger partial charge on any atom is 0.165 e. The largest absolute Gasteiger partial charge is 0.368 e. The van der Waals surface area contributed by atoms with Gasteiger partial charge in [-0.3, -0.25) is 0 Å². The van der Waals surface area contributed by atoms with Crippen molar-refractivity contribution in [2.75, 3.05) is 36.0 Å². The first-order valence-corrected chi connectivity index (χ1v) is 10.5. The van der Waals surface area contributed by atoms with Crippen molar-refractivity contribution >= 4 is 22.7 Å². The lowest BCUT2D eigenvalue weighted by Gasteiger charge is -2.37. The Labute approximate surface area is 166 Å². The summed E-state index contributed by atoms with van der Waals surface area (Å²) in [6.45, 7) is 9.33. The molecule has 0 atom stereocenters. The highest BCUT2D eigenvalue weighted by atomic mass is 15.3. The van der Waals surface area contributed by atoms with Crippen LogP contribution in [0.2, 0.25) is 0 Å². The number of hydrogen-bond acceptors (Lipinski definition) is 5. The monoisotopic (exact) mass is 376 g/mol. The van der Waals surface area contributed by atoms with Crippen LogP contribution in [0.4, 0.5) is 11.5 Å². The molecule has 0 bridgehead atoms. The van der Waals surface area contributed by atoms with E-state index in [0.29, 0.717) is 0 Å². The summed E-state index contributed by atoms with van der Waals surface area (Å²) in [5.41, 5.74) is 6.03. The predicted molar refractivity (Wildman–Crippen MR) is 113 cm³/mol. The number of nitrogens with zero attached hydrogens (tertiary/aromatic N) is 6. The number of anilines is 2. The zero-order chi connectivity index (χ0) is 19.1. The van der Waals surface area contributed by atoms with E-state index in [1.54, 1.807) is 6.33 Å². The van der Waals surface area contributed by atoms with Gasteiger partial charge in [0, 0.05) is 44.8 Å². The van der Waals surface area contributed by atoms with E-state index in [1.807, 2.05) is 0 Å². The number of rotatable bonds is 2. The molecule has 0 aliphatic carbocycles. The molecule has 0 saturated carbocycles. The summed E-state index contributed by atoms with van der Waals surface area (Å²) >= 11 is 0. The van der Waals surface area contributed by atoms with E-state index in [0.717, 1.165) is 56.1 Å². The summed E-state index contributed by atoms with van der Waals surface area (Å²) in [5.74, 6) is 2.19. The maximum absolute atomic E-state index is 4.97. The molecule has 0 radical (unpaired) electrons. The fourth-order valence-electron chi connectivity index (χ4n) is 4.58. The third-order valence-corrected chi connectivity index (χ3v) is 6.16. The Balaban J connectivity index is 1.41. The Hall–Kier alpha value is -2.63. The summed E-state index contributed by atoms with van der Waals surface area (Å²) in [6, 6.07) is 6.72. The number of benzene rings is 1. The Morgan fingerprint density at radius 3 is 2.54 bits per heavy atom. The lowest BCUT2D eigenvalue weighted by atomic mass is 10.1. The number of aryl methyl sites for hydroxylation is 4. The second-order valence-electron chi connectivity index (χ2n) is 8.12. The molecule has 146 valence electrons. The van der Waals surface area contributed by atoms with Crippen molar-refractivity contribution in [3.63, 3.8) is 0 Å². The van der Waals surface area contributed by atoms with Gasteiger partial charge in [-0.15, -0.1) is 0 Å². The van der Waals surface area contributed by atoms with Crippen LogP contribution in [-0.2, 0) is 13.0 Å². The fourth-order valence-corrected chi connectivity index (χ4v) is 4.58. The van der Waals surface area contributed by atoms with Crippen LogP contribution in [0, 0.1) is 13.8 Å². The van der Waals surface area contributed by atoms with Crippen molar-refractivity contribution < 1.29 is 0 Å². The highest BCUT2D eigenvalue weighted by molar-refractivity contribution is 5.84. The van der Waals surface area contributed by atoms with Crippen molar-refractivity contribution in [3.05, 3.63) is 41.5 Å². The van der Waals surface area contributed by atoms with Crippen LogP contribution in [0.3, 0.4) is 0 Å². The molecule has 4 heterocycles. The quantitative estimate of drug-likeness (QED) is 0.685. The summed E-state index contributed by atoms with van der Waals surface area (Å²) in [7, 11) is 0. The van der Waals surface area contributed by atoms with E-state index in [9.17, 15) is 0 Å². The Morgan fingerprint density at radius 1 is 0.857 bits per heavy atom. The molecule has 2 aliphatic heterocycles. The van der Waals surface area contributed by atoms with Gasteiger partial charge in [0.1, 0.15) is 12.2 Å². The number of imidazole rings is 1. The summed E-state index contributed by atoms with van der Waals surface area (Å²) in [5, 5.41) is 0. The Bertz CT molecular complexity index is 1000. The van der Waals surface area contributed by atoms with Crippen molar-refractivity contribution in [2.45, 2.75) is 46.1 Å². The van der Waals surface area contributed by atoms with E-state index in [1.165, 1.54) is 41.9 Å². The second-order valence-corrected chi connectivity index (χ2v) is 8.12. The molecule has 5 rings (SSSR count). The van der Waals surface area contributed by atoms with Crippen LogP contribution < -0.4 is 9.80 Å². The average Bonchev–Trinajstić information content (AvgIpc) is 2.91. The normalized spacial score (nSPS) is 17.6. The van der Waals surface area contributed by atoms with Gasteiger partial charge in [-0.2, -0.15) is 0 Å². The van der Waals surface area contributed by atoms with Crippen LogP contribution >= 0.6 is 0 Å². The zero-order valence-corrected chi connectivity index (χ0v) is 16.9. The average molecular weight is 377 g/mol. The Kier molecular flexibility index (Phi) is 4.41. The number of hydrogen-bond donors (Lipinski definition) is 0. The third kappa shape index (κ3) is 3.01. The molecule has 0 spiro atoms. The molecular formula is C22H28N6. The van der Waals surface area contributed by atoms with Crippen molar-refractivity contribution in [1.29, 1.82) is 0 Å². The molecule has 2 aromatic heterocycles. The van der Waals surface area contributed by atoms with Crippen LogP contribution in [0.1, 0.15) is 36.2 Å². The second kappa shape index (κ2) is 7.08. The topological polar surface area (TPSA) is 50.1 Å². The van der Waals surface area contributed by atoms with E-state index >= 15 is 0 Å². The van der Waals surface area contributed by atoms with Gasteiger partial charge in [0.2, 0.25) is 0 Å². The van der Waals surface area contributed by atoms with Gasteiger partial charge in [-0.1, -0.05) is 18.6 Å². The van der Waals surface area contributed by atoms with Crippen molar-refractivity contribution in [2.24, 2.45) is 0 Å². The van der Waals surface area contributed by atoms with Gasteiger partial charge in [-0.05, 0) is 43.9 Å². The van der Waals surface area contributed by atoms with Crippen LogP contribution in [0.15, 0.2) is 24.5 Å².